The maximum atomic E-state index is 11.5. The fourth-order valence-corrected chi connectivity index (χ4v) is 0.824. The molecular weight excluding hydrogens is 182 g/mol. The third kappa shape index (κ3) is 4.28. The van der Waals surface area contributed by atoms with E-state index in [1.165, 1.54) is 11.0 Å². The van der Waals surface area contributed by atoms with Gasteiger partial charge in [0.1, 0.15) is 5.60 Å². The summed E-state index contributed by atoms with van der Waals surface area (Å²) in [5, 5.41) is 8.92. The van der Waals surface area contributed by atoms with Crippen molar-refractivity contribution in [2.75, 3.05) is 13.7 Å². The Morgan fingerprint density at radius 2 is 2.14 bits per heavy atom. The number of likely N-dealkylation sites (N-methyl/N-ethyl adjacent to an activating group) is 1. The molecule has 1 N–H and O–H groups in total. The predicted octanol–water partition coefficient (Wildman–Crippen LogP) is 1.40. The van der Waals surface area contributed by atoms with Crippen LogP contribution in [0.3, 0.4) is 0 Å². The first-order chi connectivity index (χ1) is 6.31. The standard InChI is InChI=1S/C10H19NO3/c1-6-8(7-12)11(5)9(13)14-10(2,3)4/h6,8,12H,1,7H2,2-5H3/t8-/m0/s1. The second-order valence-corrected chi connectivity index (χ2v) is 4.08. The van der Waals surface area contributed by atoms with Gasteiger partial charge in [-0.1, -0.05) is 6.08 Å². The van der Waals surface area contributed by atoms with Crippen LogP contribution < -0.4 is 0 Å². The molecule has 82 valence electrons. The number of amides is 1. The molecule has 0 aliphatic rings. The van der Waals surface area contributed by atoms with Crippen LogP contribution in [-0.2, 0) is 4.74 Å². The number of carbonyl (C=O) groups is 1. The Labute approximate surface area is 85.2 Å². The highest BCUT2D eigenvalue weighted by Gasteiger charge is 2.22. The van der Waals surface area contributed by atoms with Gasteiger partial charge in [0.2, 0.25) is 0 Å². The van der Waals surface area contributed by atoms with Gasteiger partial charge < -0.3 is 14.7 Å². The molecule has 0 saturated carbocycles. The van der Waals surface area contributed by atoms with E-state index in [9.17, 15) is 4.79 Å². The first-order valence-corrected chi connectivity index (χ1v) is 4.51. The van der Waals surface area contributed by atoms with E-state index in [2.05, 4.69) is 6.58 Å². The van der Waals surface area contributed by atoms with Crippen molar-refractivity contribution in [1.29, 1.82) is 0 Å². The van der Waals surface area contributed by atoms with Gasteiger partial charge in [0, 0.05) is 7.05 Å². The molecule has 0 rings (SSSR count). The molecule has 0 aromatic heterocycles. The van der Waals surface area contributed by atoms with Crippen LogP contribution in [0.25, 0.3) is 0 Å². The van der Waals surface area contributed by atoms with Gasteiger partial charge in [0.15, 0.2) is 0 Å². The van der Waals surface area contributed by atoms with Crippen LogP contribution in [0.1, 0.15) is 20.8 Å². The normalized spacial score (nSPS) is 13.2. The van der Waals surface area contributed by atoms with Gasteiger partial charge in [-0.2, -0.15) is 0 Å². The fraction of sp³-hybridized carbons (Fsp3) is 0.700. The molecule has 0 aliphatic carbocycles. The second-order valence-electron chi connectivity index (χ2n) is 4.08. The maximum Gasteiger partial charge on any atom is 0.410 e. The van der Waals surface area contributed by atoms with Crippen molar-refractivity contribution >= 4 is 6.09 Å². The molecule has 0 aromatic carbocycles. The predicted molar refractivity (Wildman–Crippen MR) is 55.1 cm³/mol. The molecule has 0 spiro atoms. The van der Waals surface area contributed by atoms with Crippen molar-refractivity contribution in [1.82, 2.24) is 4.90 Å². The number of carbonyl (C=O) groups excluding carboxylic acids is 1. The highest BCUT2D eigenvalue weighted by atomic mass is 16.6. The first kappa shape index (κ1) is 13.0. The van der Waals surface area contributed by atoms with E-state index in [4.69, 9.17) is 9.84 Å². The minimum absolute atomic E-state index is 0.154. The monoisotopic (exact) mass is 201 g/mol. The Morgan fingerprint density at radius 3 is 2.43 bits per heavy atom. The van der Waals surface area contributed by atoms with Crippen LogP contribution in [0.2, 0.25) is 0 Å². The van der Waals surface area contributed by atoms with E-state index in [-0.39, 0.29) is 6.61 Å². The Kier molecular flexibility index (Phi) is 4.63. The second kappa shape index (κ2) is 5.00. The Morgan fingerprint density at radius 1 is 1.64 bits per heavy atom. The molecule has 1 amide bonds. The minimum Gasteiger partial charge on any atom is -0.444 e. The van der Waals surface area contributed by atoms with E-state index in [0.29, 0.717) is 0 Å². The number of ether oxygens (including phenoxy) is 1. The van der Waals surface area contributed by atoms with Gasteiger partial charge in [-0.3, -0.25) is 0 Å². The minimum atomic E-state index is -0.521. The van der Waals surface area contributed by atoms with Crippen LogP contribution >= 0.6 is 0 Å². The lowest BCUT2D eigenvalue weighted by atomic mass is 10.2. The molecule has 0 bridgehead atoms. The van der Waals surface area contributed by atoms with E-state index < -0.39 is 17.7 Å². The first-order valence-electron chi connectivity index (χ1n) is 4.51. The van der Waals surface area contributed by atoms with Gasteiger partial charge in [-0.25, -0.2) is 4.79 Å². The zero-order valence-electron chi connectivity index (χ0n) is 9.28. The van der Waals surface area contributed by atoms with Gasteiger partial charge in [-0.15, -0.1) is 6.58 Å². The molecular formula is C10H19NO3. The van der Waals surface area contributed by atoms with E-state index >= 15 is 0 Å². The van der Waals surface area contributed by atoms with Crippen LogP contribution in [0.5, 0.6) is 0 Å². The average molecular weight is 201 g/mol. The van der Waals surface area contributed by atoms with Crippen molar-refractivity contribution < 1.29 is 14.6 Å². The molecule has 14 heavy (non-hydrogen) atoms. The summed E-state index contributed by atoms with van der Waals surface area (Å²) in [6.07, 6.45) is 1.04. The third-order valence-corrected chi connectivity index (χ3v) is 1.64. The largest absolute Gasteiger partial charge is 0.444 e. The number of nitrogens with zero attached hydrogens (tertiary/aromatic N) is 1. The highest BCUT2D eigenvalue weighted by Crippen LogP contribution is 2.10. The number of rotatable bonds is 3. The zero-order valence-corrected chi connectivity index (χ0v) is 9.28. The van der Waals surface area contributed by atoms with Crippen molar-refractivity contribution in [3.8, 4) is 0 Å². The van der Waals surface area contributed by atoms with Crippen molar-refractivity contribution in [2.24, 2.45) is 0 Å². The molecule has 1 atom stereocenters. The maximum absolute atomic E-state index is 11.5. The zero-order chi connectivity index (χ0) is 11.4. The topological polar surface area (TPSA) is 49.8 Å². The summed E-state index contributed by atoms with van der Waals surface area (Å²) in [5.41, 5.74) is -0.521. The molecule has 0 unspecified atom stereocenters. The summed E-state index contributed by atoms with van der Waals surface area (Å²) < 4.78 is 5.11. The number of hydrogen-bond acceptors (Lipinski definition) is 3. The summed E-state index contributed by atoms with van der Waals surface area (Å²) in [4.78, 5) is 12.8. The molecule has 0 aromatic rings. The lowest BCUT2D eigenvalue weighted by molar-refractivity contribution is 0.0211. The number of aliphatic hydroxyl groups is 1. The Hall–Kier alpha value is -1.03. The lowest BCUT2D eigenvalue weighted by Crippen LogP contribution is -2.41. The van der Waals surface area contributed by atoms with Gasteiger partial charge in [0.25, 0.3) is 0 Å². The van der Waals surface area contributed by atoms with E-state index in [1.54, 1.807) is 27.8 Å². The van der Waals surface area contributed by atoms with Crippen LogP contribution in [0.4, 0.5) is 4.79 Å². The quantitative estimate of drug-likeness (QED) is 0.702. The van der Waals surface area contributed by atoms with Crippen LogP contribution in [0, 0.1) is 0 Å². The van der Waals surface area contributed by atoms with Crippen molar-refractivity contribution in [2.45, 2.75) is 32.4 Å². The SMILES string of the molecule is C=C[C@@H](CO)N(C)C(=O)OC(C)(C)C. The van der Waals surface area contributed by atoms with Crippen LogP contribution in [-0.4, -0.2) is 41.4 Å². The molecule has 0 heterocycles. The highest BCUT2D eigenvalue weighted by molar-refractivity contribution is 5.68. The molecule has 0 radical (unpaired) electrons. The van der Waals surface area contributed by atoms with Crippen molar-refractivity contribution in [3.63, 3.8) is 0 Å². The molecule has 0 saturated heterocycles. The van der Waals surface area contributed by atoms with Crippen LogP contribution in [0.15, 0.2) is 12.7 Å². The molecule has 4 heteroatoms. The molecule has 4 nitrogen and oxygen atoms in total. The van der Waals surface area contributed by atoms with Gasteiger partial charge in [0.05, 0.1) is 12.6 Å². The molecule has 0 fully saturated rings. The number of hydrogen-bond donors (Lipinski definition) is 1. The molecule has 0 aliphatic heterocycles. The smallest absolute Gasteiger partial charge is 0.410 e. The summed E-state index contributed by atoms with van der Waals surface area (Å²) in [5.74, 6) is 0. The fourth-order valence-electron chi connectivity index (χ4n) is 0.824. The van der Waals surface area contributed by atoms with Gasteiger partial charge >= 0.3 is 6.09 Å². The Bertz CT molecular complexity index is 208. The van der Waals surface area contributed by atoms with E-state index in [0.717, 1.165) is 0 Å². The number of aliphatic hydroxyl groups excluding tert-OH is 1. The van der Waals surface area contributed by atoms with Gasteiger partial charge in [-0.05, 0) is 20.8 Å². The summed E-state index contributed by atoms with van der Waals surface area (Å²) >= 11 is 0. The Balaban J connectivity index is 4.31. The lowest BCUT2D eigenvalue weighted by Gasteiger charge is -2.28. The summed E-state index contributed by atoms with van der Waals surface area (Å²) in [6.45, 7) is 8.75. The summed E-state index contributed by atoms with van der Waals surface area (Å²) in [7, 11) is 1.57. The van der Waals surface area contributed by atoms with E-state index in [1.807, 2.05) is 0 Å². The van der Waals surface area contributed by atoms with Crippen molar-refractivity contribution in [3.05, 3.63) is 12.7 Å². The summed E-state index contributed by atoms with van der Waals surface area (Å²) in [6, 6.07) is -0.398. The third-order valence-electron chi connectivity index (χ3n) is 1.64. The average Bonchev–Trinajstić information content (AvgIpc) is 2.03.